The molecule has 3 heterocycles. The molecule has 0 aliphatic carbocycles. The SMILES string of the molecule is COc1ccccc1N1CCN(C(=O)c2nnn(-c3ccc(Br)cc3)c2CSc2nc(C)cc(C)n2)CC1. The third kappa shape index (κ3) is 5.68. The van der Waals surface area contributed by atoms with Gasteiger partial charge >= 0.3 is 0 Å². The highest BCUT2D eigenvalue weighted by Gasteiger charge is 2.29. The number of carbonyl (C=O) groups excluding carboxylic acids is 1. The number of rotatable bonds is 7. The number of anilines is 1. The van der Waals surface area contributed by atoms with Crippen LogP contribution in [0, 0.1) is 13.8 Å². The van der Waals surface area contributed by atoms with Crippen molar-refractivity contribution in [3.05, 3.63) is 81.8 Å². The summed E-state index contributed by atoms with van der Waals surface area (Å²) in [7, 11) is 1.68. The highest BCUT2D eigenvalue weighted by Crippen LogP contribution is 2.29. The molecule has 38 heavy (non-hydrogen) atoms. The Labute approximate surface area is 234 Å². The molecule has 4 aromatic rings. The molecule has 1 saturated heterocycles. The lowest BCUT2D eigenvalue weighted by Crippen LogP contribution is -2.49. The van der Waals surface area contributed by atoms with Crippen LogP contribution in [0.1, 0.15) is 27.6 Å². The largest absolute Gasteiger partial charge is 0.495 e. The van der Waals surface area contributed by atoms with E-state index in [1.165, 1.54) is 11.8 Å². The van der Waals surface area contributed by atoms with Gasteiger partial charge in [0.05, 0.1) is 24.2 Å². The minimum Gasteiger partial charge on any atom is -0.495 e. The Balaban J connectivity index is 1.38. The van der Waals surface area contributed by atoms with E-state index in [2.05, 4.69) is 41.1 Å². The van der Waals surface area contributed by atoms with E-state index in [0.29, 0.717) is 42.8 Å². The molecule has 2 aromatic carbocycles. The maximum atomic E-state index is 13.7. The van der Waals surface area contributed by atoms with Crippen LogP contribution in [-0.4, -0.2) is 69.1 Å². The zero-order valence-corrected chi connectivity index (χ0v) is 23.9. The summed E-state index contributed by atoms with van der Waals surface area (Å²) in [5, 5.41) is 9.41. The summed E-state index contributed by atoms with van der Waals surface area (Å²) in [6.07, 6.45) is 0. The van der Waals surface area contributed by atoms with Crippen molar-refractivity contribution in [1.82, 2.24) is 29.9 Å². The van der Waals surface area contributed by atoms with Gasteiger partial charge in [-0.15, -0.1) is 5.10 Å². The van der Waals surface area contributed by atoms with Gasteiger partial charge in [0.15, 0.2) is 10.9 Å². The van der Waals surface area contributed by atoms with E-state index in [1.807, 2.05) is 73.3 Å². The third-order valence-corrected chi connectivity index (χ3v) is 7.72. The number of nitrogens with zero attached hydrogens (tertiary/aromatic N) is 7. The minimum absolute atomic E-state index is 0.120. The van der Waals surface area contributed by atoms with Crippen LogP contribution in [0.3, 0.4) is 0 Å². The first-order valence-electron chi connectivity index (χ1n) is 12.3. The van der Waals surface area contributed by atoms with Crippen LogP contribution in [0.4, 0.5) is 5.69 Å². The van der Waals surface area contributed by atoms with Gasteiger partial charge in [-0.2, -0.15) is 0 Å². The number of halogens is 1. The van der Waals surface area contributed by atoms with E-state index in [4.69, 9.17) is 4.74 Å². The quantitative estimate of drug-likeness (QED) is 0.225. The number of para-hydroxylation sites is 2. The van der Waals surface area contributed by atoms with E-state index in [0.717, 1.165) is 38.7 Å². The van der Waals surface area contributed by atoms with Gasteiger partial charge in [0.25, 0.3) is 5.91 Å². The van der Waals surface area contributed by atoms with Gasteiger partial charge in [0.2, 0.25) is 0 Å². The molecule has 1 aliphatic rings. The number of aryl methyl sites for hydroxylation is 2. The maximum absolute atomic E-state index is 13.7. The summed E-state index contributed by atoms with van der Waals surface area (Å²) in [4.78, 5) is 26.9. The topological polar surface area (TPSA) is 89.3 Å². The number of hydrogen-bond donors (Lipinski definition) is 0. The summed E-state index contributed by atoms with van der Waals surface area (Å²) in [6, 6.07) is 17.7. The van der Waals surface area contributed by atoms with E-state index < -0.39 is 0 Å². The molecule has 0 N–H and O–H groups in total. The number of piperazine rings is 1. The fraction of sp³-hybridized carbons (Fsp3) is 0.296. The number of ether oxygens (including phenoxy) is 1. The summed E-state index contributed by atoms with van der Waals surface area (Å²) in [5.41, 5.74) is 4.76. The van der Waals surface area contributed by atoms with Crippen molar-refractivity contribution in [3.63, 3.8) is 0 Å². The summed E-state index contributed by atoms with van der Waals surface area (Å²) in [6.45, 7) is 6.46. The number of hydrogen-bond acceptors (Lipinski definition) is 8. The van der Waals surface area contributed by atoms with Crippen molar-refractivity contribution in [2.75, 3.05) is 38.2 Å². The second kappa shape index (κ2) is 11.5. The highest BCUT2D eigenvalue weighted by molar-refractivity contribution is 9.10. The van der Waals surface area contributed by atoms with E-state index >= 15 is 0 Å². The van der Waals surface area contributed by atoms with Crippen LogP contribution in [0.5, 0.6) is 5.75 Å². The predicted octanol–water partition coefficient (Wildman–Crippen LogP) is 4.70. The number of methoxy groups -OCH3 is 1. The zero-order chi connectivity index (χ0) is 26.6. The summed E-state index contributed by atoms with van der Waals surface area (Å²) < 4.78 is 8.23. The number of thioether (sulfide) groups is 1. The minimum atomic E-state index is -0.120. The Morgan fingerprint density at radius 1 is 1.00 bits per heavy atom. The Kier molecular flexibility index (Phi) is 7.94. The summed E-state index contributed by atoms with van der Waals surface area (Å²) in [5.74, 6) is 1.16. The molecule has 0 saturated carbocycles. The van der Waals surface area contributed by atoms with E-state index in [1.54, 1.807) is 11.8 Å². The first-order chi connectivity index (χ1) is 18.4. The van der Waals surface area contributed by atoms with Gasteiger partial charge in [-0.25, -0.2) is 14.6 Å². The van der Waals surface area contributed by atoms with Crippen molar-refractivity contribution in [2.45, 2.75) is 24.8 Å². The molecule has 0 unspecified atom stereocenters. The van der Waals surface area contributed by atoms with Gasteiger partial charge in [-0.1, -0.05) is 45.0 Å². The molecular weight excluding hydrogens is 566 g/mol. The number of benzene rings is 2. The van der Waals surface area contributed by atoms with Crippen LogP contribution < -0.4 is 9.64 Å². The second-order valence-corrected chi connectivity index (χ2v) is 10.8. The average Bonchev–Trinajstić information content (AvgIpc) is 3.35. The smallest absolute Gasteiger partial charge is 0.276 e. The predicted molar refractivity (Wildman–Crippen MR) is 151 cm³/mol. The van der Waals surface area contributed by atoms with Gasteiger partial charge in [0, 0.05) is 47.8 Å². The molecule has 0 atom stereocenters. The number of amides is 1. The lowest BCUT2D eigenvalue weighted by atomic mass is 10.2. The standard InChI is InChI=1S/C27H28BrN7O2S/c1-18-16-19(2)30-27(29-18)38-17-23-25(31-32-35(23)21-10-8-20(28)9-11-21)26(36)34-14-12-33(13-15-34)22-6-4-5-7-24(22)37-3/h4-11,16H,12-15,17H2,1-3H3. The first kappa shape index (κ1) is 26.2. The van der Waals surface area contributed by atoms with Crippen LogP contribution in [0.2, 0.25) is 0 Å². The van der Waals surface area contributed by atoms with Crippen molar-refractivity contribution >= 4 is 39.3 Å². The molecule has 2 aromatic heterocycles. The van der Waals surface area contributed by atoms with Gasteiger partial charge in [0.1, 0.15) is 5.75 Å². The summed E-state index contributed by atoms with van der Waals surface area (Å²) >= 11 is 4.96. The third-order valence-electron chi connectivity index (χ3n) is 6.33. The molecule has 9 nitrogen and oxygen atoms in total. The average molecular weight is 595 g/mol. The van der Waals surface area contributed by atoms with Gasteiger partial charge < -0.3 is 14.5 Å². The van der Waals surface area contributed by atoms with Crippen molar-refractivity contribution in [2.24, 2.45) is 0 Å². The van der Waals surface area contributed by atoms with E-state index in [-0.39, 0.29) is 5.91 Å². The molecule has 1 amide bonds. The monoisotopic (exact) mass is 593 g/mol. The first-order valence-corrected chi connectivity index (χ1v) is 14.0. The van der Waals surface area contributed by atoms with Crippen LogP contribution >= 0.6 is 27.7 Å². The Morgan fingerprint density at radius 3 is 2.37 bits per heavy atom. The van der Waals surface area contributed by atoms with Crippen molar-refractivity contribution in [1.29, 1.82) is 0 Å². The maximum Gasteiger partial charge on any atom is 0.276 e. The molecule has 1 aliphatic heterocycles. The lowest BCUT2D eigenvalue weighted by molar-refractivity contribution is 0.0740. The molecule has 0 spiro atoms. The van der Waals surface area contributed by atoms with Crippen LogP contribution in [0.25, 0.3) is 5.69 Å². The Morgan fingerprint density at radius 2 is 1.68 bits per heavy atom. The normalized spacial score (nSPS) is 13.6. The molecule has 1 fully saturated rings. The molecule has 196 valence electrons. The van der Waals surface area contributed by atoms with E-state index in [9.17, 15) is 4.79 Å². The molecule has 0 radical (unpaired) electrons. The van der Waals surface area contributed by atoms with Crippen molar-refractivity contribution < 1.29 is 9.53 Å². The number of aromatic nitrogens is 5. The molecule has 11 heteroatoms. The fourth-order valence-corrected chi connectivity index (χ4v) is 5.68. The lowest BCUT2D eigenvalue weighted by Gasteiger charge is -2.36. The second-order valence-electron chi connectivity index (χ2n) is 8.95. The van der Waals surface area contributed by atoms with Crippen LogP contribution in [-0.2, 0) is 5.75 Å². The molecular formula is C27H28BrN7O2S. The highest BCUT2D eigenvalue weighted by atomic mass is 79.9. The zero-order valence-electron chi connectivity index (χ0n) is 21.5. The fourth-order valence-electron chi connectivity index (χ4n) is 4.47. The van der Waals surface area contributed by atoms with Gasteiger partial charge in [-0.05, 0) is 56.3 Å². The van der Waals surface area contributed by atoms with Crippen LogP contribution in [0.15, 0.2) is 64.2 Å². The molecule has 0 bridgehead atoms. The van der Waals surface area contributed by atoms with Crippen molar-refractivity contribution in [3.8, 4) is 11.4 Å². The Hall–Kier alpha value is -3.44. The number of carbonyl (C=O) groups is 1. The molecule has 5 rings (SSSR count). The Bertz CT molecular complexity index is 1420. The van der Waals surface area contributed by atoms with Gasteiger partial charge in [-0.3, -0.25) is 4.79 Å².